The standard InChI is InChI=1S/C12H18N2/c1-10-3-2-4-11(7-10)8-14-6-5-12(13)9-14/h2-4,7,12H,5-6,8-9,13H2,1H3/t12-/m0/s1. The van der Waals surface area contributed by atoms with Crippen LogP contribution in [0.1, 0.15) is 17.5 Å². The van der Waals surface area contributed by atoms with E-state index in [-0.39, 0.29) is 0 Å². The van der Waals surface area contributed by atoms with Crippen LogP contribution in [0, 0.1) is 6.92 Å². The second kappa shape index (κ2) is 4.11. The lowest BCUT2D eigenvalue weighted by Gasteiger charge is -2.15. The van der Waals surface area contributed by atoms with Crippen LogP contribution >= 0.6 is 0 Å². The Balaban J connectivity index is 1.97. The summed E-state index contributed by atoms with van der Waals surface area (Å²) in [5.74, 6) is 0. The van der Waals surface area contributed by atoms with Gasteiger partial charge in [-0.25, -0.2) is 0 Å². The molecule has 1 aromatic rings. The molecule has 1 atom stereocenters. The van der Waals surface area contributed by atoms with Crippen molar-refractivity contribution in [3.05, 3.63) is 35.4 Å². The van der Waals surface area contributed by atoms with Crippen LogP contribution in [0.4, 0.5) is 0 Å². The van der Waals surface area contributed by atoms with E-state index < -0.39 is 0 Å². The van der Waals surface area contributed by atoms with Crippen LogP contribution in [0.15, 0.2) is 24.3 Å². The summed E-state index contributed by atoms with van der Waals surface area (Å²) >= 11 is 0. The zero-order valence-corrected chi connectivity index (χ0v) is 8.74. The third-order valence-corrected chi connectivity index (χ3v) is 2.80. The van der Waals surface area contributed by atoms with Gasteiger partial charge in [-0.2, -0.15) is 0 Å². The zero-order chi connectivity index (χ0) is 9.97. The second-order valence-electron chi connectivity index (χ2n) is 4.27. The molecule has 0 radical (unpaired) electrons. The molecular formula is C12H18N2. The molecule has 0 saturated carbocycles. The summed E-state index contributed by atoms with van der Waals surface area (Å²) < 4.78 is 0. The Morgan fingerprint density at radius 3 is 3.00 bits per heavy atom. The number of rotatable bonds is 2. The summed E-state index contributed by atoms with van der Waals surface area (Å²) in [7, 11) is 0. The molecule has 0 unspecified atom stereocenters. The Bertz CT molecular complexity index is 309. The summed E-state index contributed by atoms with van der Waals surface area (Å²) in [5, 5.41) is 0. The normalized spacial score (nSPS) is 22.9. The third-order valence-electron chi connectivity index (χ3n) is 2.80. The molecule has 2 nitrogen and oxygen atoms in total. The quantitative estimate of drug-likeness (QED) is 0.766. The summed E-state index contributed by atoms with van der Waals surface area (Å²) in [4.78, 5) is 2.43. The molecule has 1 aromatic carbocycles. The van der Waals surface area contributed by atoms with Crippen LogP contribution in [-0.2, 0) is 6.54 Å². The highest BCUT2D eigenvalue weighted by Gasteiger charge is 2.18. The Morgan fingerprint density at radius 2 is 2.36 bits per heavy atom. The van der Waals surface area contributed by atoms with Gasteiger partial charge in [0, 0.05) is 25.7 Å². The fraction of sp³-hybridized carbons (Fsp3) is 0.500. The van der Waals surface area contributed by atoms with Crippen molar-refractivity contribution in [2.45, 2.75) is 25.9 Å². The Morgan fingerprint density at radius 1 is 1.50 bits per heavy atom. The van der Waals surface area contributed by atoms with Crippen LogP contribution in [0.25, 0.3) is 0 Å². The van der Waals surface area contributed by atoms with Crippen molar-refractivity contribution in [2.24, 2.45) is 5.73 Å². The number of aryl methyl sites for hydroxylation is 1. The van der Waals surface area contributed by atoms with E-state index in [1.807, 2.05) is 0 Å². The van der Waals surface area contributed by atoms with Gasteiger partial charge in [-0.15, -0.1) is 0 Å². The Kier molecular flexibility index (Phi) is 2.85. The van der Waals surface area contributed by atoms with Gasteiger partial charge in [-0.1, -0.05) is 29.8 Å². The molecule has 2 heteroatoms. The Hall–Kier alpha value is -0.860. The van der Waals surface area contributed by atoms with Gasteiger partial charge in [-0.05, 0) is 18.9 Å². The number of nitrogens with zero attached hydrogens (tertiary/aromatic N) is 1. The lowest BCUT2D eigenvalue weighted by molar-refractivity contribution is 0.327. The predicted molar refractivity (Wildman–Crippen MR) is 59.0 cm³/mol. The molecule has 76 valence electrons. The van der Waals surface area contributed by atoms with E-state index >= 15 is 0 Å². The lowest BCUT2D eigenvalue weighted by atomic mass is 10.1. The number of nitrogens with two attached hydrogens (primary N) is 1. The smallest absolute Gasteiger partial charge is 0.0234 e. The molecule has 1 fully saturated rings. The maximum Gasteiger partial charge on any atom is 0.0234 e. The van der Waals surface area contributed by atoms with Crippen LogP contribution in [0.2, 0.25) is 0 Å². The molecule has 0 aromatic heterocycles. The number of benzene rings is 1. The minimum absolute atomic E-state index is 0.389. The molecule has 1 aliphatic heterocycles. The van der Waals surface area contributed by atoms with Crippen molar-refractivity contribution in [2.75, 3.05) is 13.1 Å². The molecule has 1 saturated heterocycles. The van der Waals surface area contributed by atoms with Gasteiger partial charge < -0.3 is 5.73 Å². The van der Waals surface area contributed by atoms with Gasteiger partial charge >= 0.3 is 0 Å². The third kappa shape index (κ3) is 2.34. The van der Waals surface area contributed by atoms with Crippen LogP contribution in [0.5, 0.6) is 0 Å². The zero-order valence-electron chi connectivity index (χ0n) is 8.74. The molecule has 2 N–H and O–H groups in total. The lowest BCUT2D eigenvalue weighted by Crippen LogP contribution is -2.26. The monoisotopic (exact) mass is 190 g/mol. The highest BCUT2D eigenvalue weighted by Crippen LogP contribution is 2.12. The summed E-state index contributed by atoms with van der Waals surface area (Å²) in [6.07, 6.45) is 1.14. The van der Waals surface area contributed by atoms with Gasteiger partial charge in [0.15, 0.2) is 0 Å². The molecule has 14 heavy (non-hydrogen) atoms. The summed E-state index contributed by atoms with van der Waals surface area (Å²) in [6, 6.07) is 9.10. The van der Waals surface area contributed by atoms with E-state index in [0.717, 1.165) is 26.1 Å². The minimum Gasteiger partial charge on any atom is -0.326 e. The molecule has 1 heterocycles. The SMILES string of the molecule is Cc1cccc(CN2CC[C@H](N)C2)c1. The van der Waals surface area contributed by atoms with Gasteiger partial charge in [0.1, 0.15) is 0 Å². The first-order valence-electron chi connectivity index (χ1n) is 5.27. The van der Waals surface area contributed by atoms with E-state index in [9.17, 15) is 0 Å². The van der Waals surface area contributed by atoms with E-state index in [4.69, 9.17) is 5.73 Å². The molecule has 0 aliphatic carbocycles. The van der Waals surface area contributed by atoms with Crippen molar-refractivity contribution in [1.29, 1.82) is 0 Å². The van der Waals surface area contributed by atoms with Crippen molar-refractivity contribution in [3.8, 4) is 0 Å². The van der Waals surface area contributed by atoms with E-state index in [1.54, 1.807) is 0 Å². The van der Waals surface area contributed by atoms with Crippen LogP contribution < -0.4 is 5.73 Å². The minimum atomic E-state index is 0.389. The summed E-state index contributed by atoms with van der Waals surface area (Å²) in [5.41, 5.74) is 8.61. The van der Waals surface area contributed by atoms with Gasteiger partial charge in [0.25, 0.3) is 0 Å². The maximum absolute atomic E-state index is 5.87. The van der Waals surface area contributed by atoms with Gasteiger partial charge in [0.05, 0.1) is 0 Å². The summed E-state index contributed by atoms with van der Waals surface area (Å²) in [6.45, 7) is 5.39. The van der Waals surface area contributed by atoms with E-state index in [1.165, 1.54) is 11.1 Å². The van der Waals surface area contributed by atoms with Crippen molar-refractivity contribution >= 4 is 0 Å². The molecule has 2 rings (SSSR count). The largest absolute Gasteiger partial charge is 0.326 e. The highest BCUT2D eigenvalue weighted by molar-refractivity contribution is 5.22. The maximum atomic E-state index is 5.87. The van der Waals surface area contributed by atoms with Crippen molar-refractivity contribution in [3.63, 3.8) is 0 Å². The molecule has 0 amide bonds. The van der Waals surface area contributed by atoms with Crippen molar-refractivity contribution < 1.29 is 0 Å². The Labute approximate surface area is 85.7 Å². The topological polar surface area (TPSA) is 29.3 Å². The fourth-order valence-electron chi connectivity index (χ4n) is 2.07. The fourth-order valence-corrected chi connectivity index (χ4v) is 2.07. The number of hydrogen-bond donors (Lipinski definition) is 1. The highest BCUT2D eigenvalue weighted by atomic mass is 15.2. The predicted octanol–water partition coefficient (Wildman–Crippen LogP) is 1.53. The van der Waals surface area contributed by atoms with Crippen LogP contribution in [0.3, 0.4) is 0 Å². The second-order valence-corrected chi connectivity index (χ2v) is 4.27. The van der Waals surface area contributed by atoms with Gasteiger partial charge in [-0.3, -0.25) is 4.90 Å². The first kappa shape index (κ1) is 9.69. The van der Waals surface area contributed by atoms with Crippen LogP contribution in [-0.4, -0.2) is 24.0 Å². The first-order valence-corrected chi connectivity index (χ1v) is 5.27. The van der Waals surface area contributed by atoms with Gasteiger partial charge in [0.2, 0.25) is 0 Å². The van der Waals surface area contributed by atoms with E-state index in [0.29, 0.717) is 6.04 Å². The van der Waals surface area contributed by atoms with Crippen molar-refractivity contribution in [1.82, 2.24) is 4.90 Å². The first-order chi connectivity index (χ1) is 6.74. The molecule has 0 bridgehead atoms. The molecular weight excluding hydrogens is 172 g/mol. The molecule has 0 spiro atoms. The molecule has 1 aliphatic rings. The van der Waals surface area contributed by atoms with E-state index in [2.05, 4.69) is 36.1 Å². The average Bonchev–Trinajstić information content (AvgIpc) is 2.51. The number of likely N-dealkylation sites (tertiary alicyclic amines) is 1. The average molecular weight is 190 g/mol. The number of hydrogen-bond acceptors (Lipinski definition) is 2.